The predicted octanol–water partition coefficient (Wildman–Crippen LogP) is 3.20. The summed E-state index contributed by atoms with van der Waals surface area (Å²) in [7, 11) is 0. The van der Waals surface area contributed by atoms with E-state index in [1.54, 1.807) is 17.8 Å². The smallest absolute Gasteiger partial charge is 0.265 e. The number of amides is 1. The van der Waals surface area contributed by atoms with Crippen molar-refractivity contribution in [3.8, 4) is 0 Å². The molecule has 0 saturated heterocycles. The fraction of sp³-hybridized carbons (Fsp3) is 0.188. The zero-order valence-electron chi connectivity index (χ0n) is 11.6. The van der Waals surface area contributed by atoms with Crippen molar-refractivity contribution in [1.29, 1.82) is 0 Å². The number of hydrazine groups is 1. The Labute approximate surface area is 123 Å². The molecule has 1 amide bonds. The topological polar surface area (TPSA) is 55.1 Å². The Kier molecular flexibility index (Phi) is 4.82. The van der Waals surface area contributed by atoms with Gasteiger partial charge >= 0.3 is 0 Å². The lowest BCUT2D eigenvalue weighted by Gasteiger charge is -2.08. The van der Waals surface area contributed by atoms with Crippen LogP contribution in [0.1, 0.15) is 27.0 Å². The molecule has 3 N–H and O–H groups in total. The second kappa shape index (κ2) is 6.59. The molecule has 4 heteroatoms. The van der Waals surface area contributed by atoms with Crippen molar-refractivity contribution >= 4 is 17.7 Å². The Balaban J connectivity index is 2.11. The monoisotopic (exact) mass is 286 g/mol. The minimum Gasteiger partial charge on any atom is -0.290 e. The number of benzene rings is 2. The van der Waals surface area contributed by atoms with Crippen molar-refractivity contribution in [3.63, 3.8) is 0 Å². The van der Waals surface area contributed by atoms with Crippen LogP contribution >= 0.6 is 11.8 Å². The maximum atomic E-state index is 11.5. The summed E-state index contributed by atoms with van der Waals surface area (Å²) in [6, 6.07) is 14.0. The van der Waals surface area contributed by atoms with Crippen LogP contribution in [0.4, 0.5) is 0 Å². The molecule has 0 atom stereocenters. The molecule has 0 aliphatic rings. The number of hydrogen-bond acceptors (Lipinski definition) is 3. The highest BCUT2D eigenvalue weighted by atomic mass is 32.2. The molecule has 0 spiro atoms. The lowest BCUT2D eigenvalue weighted by atomic mass is 10.1. The molecule has 0 fully saturated rings. The number of nitrogens with one attached hydrogen (secondary N) is 1. The third-order valence-corrected chi connectivity index (χ3v) is 4.29. The van der Waals surface area contributed by atoms with E-state index in [1.165, 1.54) is 16.0 Å². The van der Waals surface area contributed by atoms with Crippen LogP contribution in [-0.4, -0.2) is 5.91 Å². The molecule has 0 radical (unpaired) electrons. The number of thioether (sulfide) groups is 1. The SMILES string of the molecule is Cc1ccc(C)c(SCc2cccc(C(=O)NN)c2)c1. The number of rotatable bonds is 4. The highest BCUT2D eigenvalue weighted by Gasteiger charge is 2.05. The molecular formula is C16H18N2OS. The quantitative estimate of drug-likeness (QED) is 0.393. The molecule has 0 bridgehead atoms. The minimum absolute atomic E-state index is 0.261. The number of nitrogen functional groups attached to an aromatic ring is 1. The molecule has 0 aromatic heterocycles. The average Bonchev–Trinajstić information content (AvgIpc) is 2.47. The van der Waals surface area contributed by atoms with Crippen molar-refractivity contribution in [2.45, 2.75) is 24.5 Å². The second-order valence-electron chi connectivity index (χ2n) is 4.73. The highest BCUT2D eigenvalue weighted by Crippen LogP contribution is 2.27. The van der Waals surface area contributed by atoms with E-state index in [0.717, 1.165) is 11.3 Å². The van der Waals surface area contributed by atoms with Gasteiger partial charge in [0.05, 0.1) is 0 Å². The fourth-order valence-electron chi connectivity index (χ4n) is 1.91. The first kappa shape index (κ1) is 14.6. The zero-order chi connectivity index (χ0) is 14.5. The van der Waals surface area contributed by atoms with Crippen LogP contribution in [0.2, 0.25) is 0 Å². The van der Waals surface area contributed by atoms with Crippen molar-refractivity contribution in [2.75, 3.05) is 0 Å². The summed E-state index contributed by atoms with van der Waals surface area (Å²) in [4.78, 5) is 12.8. The normalized spacial score (nSPS) is 10.3. The summed E-state index contributed by atoms with van der Waals surface area (Å²) in [6.07, 6.45) is 0. The lowest BCUT2D eigenvalue weighted by Crippen LogP contribution is -2.29. The van der Waals surface area contributed by atoms with Gasteiger partial charge in [-0.25, -0.2) is 5.84 Å². The van der Waals surface area contributed by atoms with Gasteiger partial charge < -0.3 is 0 Å². The van der Waals surface area contributed by atoms with Gasteiger partial charge in [-0.2, -0.15) is 0 Å². The van der Waals surface area contributed by atoms with Crippen LogP contribution in [0, 0.1) is 13.8 Å². The largest absolute Gasteiger partial charge is 0.290 e. The zero-order valence-corrected chi connectivity index (χ0v) is 12.5. The maximum absolute atomic E-state index is 11.5. The first-order chi connectivity index (χ1) is 9.60. The molecule has 0 saturated carbocycles. The Morgan fingerprint density at radius 1 is 1.20 bits per heavy atom. The second-order valence-corrected chi connectivity index (χ2v) is 5.75. The van der Waals surface area contributed by atoms with Crippen LogP contribution in [0.3, 0.4) is 0 Å². The van der Waals surface area contributed by atoms with Crippen LogP contribution in [0.15, 0.2) is 47.4 Å². The molecule has 0 heterocycles. The van der Waals surface area contributed by atoms with Gasteiger partial charge in [0.2, 0.25) is 0 Å². The summed E-state index contributed by atoms with van der Waals surface area (Å²) < 4.78 is 0. The van der Waals surface area contributed by atoms with E-state index in [-0.39, 0.29) is 5.91 Å². The summed E-state index contributed by atoms with van der Waals surface area (Å²) in [5, 5.41) is 0. The Morgan fingerprint density at radius 3 is 2.75 bits per heavy atom. The van der Waals surface area contributed by atoms with Gasteiger partial charge in [-0.1, -0.05) is 29.8 Å². The number of hydrogen-bond donors (Lipinski definition) is 2. The van der Waals surface area contributed by atoms with E-state index in [1.807, 2.05) is 18.2 Å². The van der Waals surface area contributed by atoms with Gasteiger partial charge in [0.15, 0.2) is 0 Å². The molecule has 104 valence electrons. The van der Waals surface area contributed by atoms with E-state index >= 15 is 0 Å². The summed E-state index contributed by atoms with van der Waals surface area (Å²) in [5.41, 5.74) is 6.38. The van der Waals surface area contributed by atoms with Crippen molar-refractivity contribution in [3.05, 3.63) is 64.7 Å². The van der Waals surface area contributed by atoms with Gasteiger partial charge in [0.1, 0.15) is 0 Å². The van der Waals surface area contributed by atoms with Crippen molar-refractivity contribution in [2.24, 2.45) is 5.84 Å². The Hall–Kier alpha value is -1.78. The third-order valence-electron chi connectivity index (χ3n) is 3.06. The van der Waals surface area contributed by atoms with Gasteiger partial charge in [0, 0.05) is 16.2 Å². The van der Waals surface area contributed by atoms with E-state index in [9.17, 15) is 4.79 Å². The standard InChI is InChI=1S/C16H18N2OS/c1-11-6-7-12(2)15(8-11)20-10-13-4-3-5-14(9-13)16(19)18-17/h3-9H,10,17H2,1-2H3,(H,18,19). The summed E-state index contributed by atoms with van der Waals surface area (Å²) >= 11 is 1.78. The van der Waals surface area contributed by atoms with E-state index < -0.39 is 0 Å². The number of nitrogens with two attached hydrogens (primary N) is 1. The molecule has 2 aromatic carbocycles. The number of aryl methyl sites for hydroxylation is 2. The predicted molar refractivity (Wildman–Crippen MR) is 83.6 cm³/mol. The maximum Gasteiger partial charge on any atom is 0.265 e. The van der Waals surface area contributed by atoms with Crippen LogP contribution in [0.25, 0.3) is 0 Å². The van der Waals surface area contributed by atoms with Crippen molar-refractivity contribution in [1.82, 2.24) is 5.43 Å². The van der Waals surface area contributed by atoms with Crippen molar-refractivity contribution < 1.29 is 4.79 Å². The molecule has 0 aliphatic carbocycles. The average molecular weight is 286 g/mol. The molecule has 3 nitrogen and oxygen atoms in total. The molecule has 20 heavy (non-hydrogen) atoms. The van der Waals surface area contributed by atoms with Gasteiger partial charge in [-0.05, 0) is 43.2 Å². The molecule has 2 aromatic rings. The number of carbonyl (C=O) groups is 1. The first-order valence-electron chi connectivity index (χ1n) is 6.40. The van der Waals surface area contributed by atoms with Crippen LogP contribution < -0.4 is 11.3 Å². The lowest BCUT2D eigenvalue weighted by molar-refractivity contribution is 0.0953. The van der Waals surface area contributed by atoms with Crippen LogP contribution in [-0.2, 0) is 5.75 Å². The molecule has 2 rings (SSSR count). The Morgan fingerprint density at radius 2 is 2.00 bits per heavy atom. The number of carbonyl (C=O) groups excluding carboxylic acids is 1. The van der Waals surface area contributed by atoms with Gasteiger partial charge in [-0.3, -0.25) is 10.2 Å². The van der Waals surface area contributed by atoms with E-state index in [0.29, 0.717) is 5.56 Å². The molecule has 0 aliphatic heterocycles. The molecule has 0 unspecified atom stereocenters. The first-order valence-corrected chi connectivity index (χ1v) is 7.38. The minimum atomic E-state index is -0.261. The van der Waals surface area contributed by atoms with Crippen LogP contribution in [0.5, 0.6) is 0 Å². The van der Waals surface area contributed by atoms with Gasteiger partial charge in [0.25, 0.3) is 5.91 Å². The summed E-state index contributed by atoms with van der Waals surface area (Å²) in [6.45, 7) is 4.20. The highest BCUT2D eigenvalue weighted by molar-refractivity contribution is 7.98. The fourth-order valence-corrected chi connectivity index (χ4v) is 2.98. The van der Waals surface area contributed by atoms with E-state index in [4.69, 9.17) is 5.84 Å². The molecular weight excluding hydrogens is 268 g/mol. The summed E-state index contributed by atoms with van der Waals surface area (Å²) in [5.74, 6) is 5.72. The van der Waals surface area contributed by atoms with E-state index in [2.05, 4.69) is 37.5 Å². The van der Waals surface area contributed by atoms with Gasteiger partial charge in [-0.15, -0.1) is 11.8 Å². The Bertz CT molecular complexity index is 626. The third kappa shape index (κ3) is 3.62.